The lowest BCUT2D eigenvalue weighted by Gasteiger charge is -2.30. The molecule has 0 radical (unpaired) electrons. The van der Waals surface area contributed by atoms with Crippen LogP contribution >= 0.6 is 0 Å². The largest absolute Gasteiger partial charge is 0.310 e. The molecular weight excluding hydrogens is 747 g/mol. The fourth-order valence-electron chi connectivity index (χ4n) is 11.6. The van der Waals surface area contributed by atoms with Crippen LogP contribution in [0.1, 0.15) is 74.9 Å². The van der Waals surface area contributed by atoms with Crippen LogP contribution in [0.15, 0.2) is 188 Å². The first-order valence-electron chi connectivity index (χ1n) is 22.2. The molecule has 0 aliphatic heterocycles. The summed E-state index contributed by atoms with van der Waals surface area (Å²) in [4.78, 5) is 2.47. The van der Waals surface area contributed by atoms with Gasteiger partial charge < -0.3 is 4.90 Å². The van der Waals surface area contributed by atoms with Crippen LogP contribution in [-0.2, 0) is 16.2 Å². The van der Waals surface area contributed by atoms with Crippen LogP contribution < -0.4 is 4.90 Å². The number of fused-ring (bicyclic) bond motifs is 10. The number of hydrogen-bond acceptors (Lipinski definition) is 1. The van der Waals surface area contributed by atoms with Gasteiger partial charge in [0.25, 0.3) is 0 Å². The van der Waals surface area contributed by atoms with E-state index in [0.717, 1.165) is 5.69 Å². The minimum atomic E-state index is -0.105. The maximum Gasteiger partial charge on any atom is 0.0465 e. The number of hydrogen-bond donors (Lipinski definition) is 0. The fraction of sp³-hybridized carbons (Fsp3) is 0.148. The zero-order valence-corrected chi connectivity index (χ0v) is 36.3. The summed E-state index contributed by atoms with van der Waals surface area (Å²) in [6.07, 6.45) is 0. The number of anilines is 3. The van der Waals surface area contributed by atoms with E-state index in [4.69, 9.17) is 0 Å². The summed E-state index contributed by atoms with van der Waals surface area (Å²) in [6.45, 7) is 14.2. The molecule has 0 spiro atoms. The topological polar surface area (TPSA) is 3.24 Å². The highest BCUT2D eigenvalue weighted by Gasteiger charge is 2.39. The molecule has 0 amide bonds. The Hall–Kier alpha value is -6.96. The fourth-order valence-corrected chi connectivity index (χ4v) is 11.6. The Labute approximate surface area is 366 Å². The first-order chi connectivity index (χ1) is 30.0. The third-order valence-corrected chi connectivity index (χ3v) is 14.9. The monoisotopic (exact) mass is 795 g/mol. The molecule has 0 N–H and O–H groups in total. The van der Waals surface area contributed by atoms with Gasteiger partial charge in [0.05, 0.1) is 0 Å². The quantitative estimate of drug-likeness (QED) is 0.168. The molecule has 0 fully saturated rings. The van der Waals surface area contributed by atoms with Crippen molar-refractivity contribution in [1.29, 1.82) is 0 Å². The Bertz CT molecular complexity index is 3210. The Morgan fingerprint density at radius 2 is 0.758 bits per heavy atom. The molecule has 3 aliphatic rings. The van der Waals surface area contributed by atoms with Crippen LogP contribution in [0.3, 0.4) is 0 Å². The van der Waals surface area contributed by atoms with Crippen LogP contribution in [0.5, 0.6) is 0 Å². The highest BCUT2D eigenvalue weighted by molar-refractivity contribution is 6.08. The van der Waals surface area contributed by atoms with E-state index in [-0.39, 0.29) is 16.2 Å². The summed E-state index contributed by atoms with van der Waals surface area (Å²) in [5.74, 6) is 0. The second-order valence-corrected chi connectivity index (χ2v) is 19.3. The van der Waals surface area contributed by atoms with E-state index in [1.165, 1.54) is 111 Å². The van der Waals surface area contributed by atoms with Gasteiger partial charge in [-0.05, 0) is 148 Å². The molecule has 0 saturated carbocycles. The Morgan fingerprint density at radius 1 is 0.290 bits per heavy atom. The number of benzene rings is 9. The van der Waals surface area contributed by atoms with E-state index in [0.29, 0.717) is 0 Å². The molecule has 3 aliphatic carbocycles. The van der Waals surface area contributed by atoms with E-state index < -0.39 is 0 Å². The van der Waals surface area contributed by atoms with Gasteiger partial charge in [-0.1, -0.05) is 181 Å². The van der Waals surface area contributed by atoms with Crippen molar-refractivity contribution in [2.45, 2.75) is 57.8 Å². The molecule has 0 bridgehead atoms. The van der Waals surface area contributed by atoms with Crippen LogP contribution in [-0.4, -0.2) is 0 Å². The Morgan fingerprint density at radius 3 is 1.37 bits per heavy atom. The molecule has 12 rings (SSSR count). The molecule has 298 valence electrons. The maximum atomic E-state index is 2.47. The second kappa shape index (κ2) is 13.0. The van der Waals surface area contributed by atoms with Crippen molar-refractivity contribution in [2.24, 2.45) is 0 Å². The van der Waals surface area contributed by atoms with Gasteiger partial charge in [-0.3, -0.25) is 0 Å². The highest BCUT2D eigenvalue weighted by Crippen LogP contribution is 2.56. The molecule has 0 heterocycles. The molecule has 0 atom stereocenters. The summed E-state index contributed by atoms with van der Waals surface area (Å²) in [5.41, 5.74) is 24.6. The van der Waals surface area contributed by atoms with Gasteiger partial charge in [0.2, 0.25) is 0 Å². The SMILES string of the molecule is CC1(C)c2ccccc2-c2ccc(N(c3ccc(-c4cccc(-c5c6c(cc7ccccc57)C(C)(C)c5ccccc5-6)c4)cc3)c3ccc4c(c3)C(C)(C)c3ccccc3-4)cc21. The van der Waals surface area contributed by atoms with Gasteiger partial charge in [0, 0.05) is 33.3 Å². The van der Waals surface area contributed by atoms with Crippen molar-refractivity contribution in [1.82, 2.24) is 0 Å². The predicted molar refractivity (Wildman–Crippen MR) is 262 cm³/mol. The van der Waals surface area contributed by atoms with Gasteiger partial charge >= 0.3 is 0 Å². The first-order valence-corrected chi connectivity index (χ1v) is 22.2. The molecule has 0 aromatic heterocycles. The lowest BCUT2D eigenvalue weighted by atomic mass is 9.80. The first kappa shape index (κ1) is 36.9. The van der Waals surface area contributed by atoms with Gasteiger partial charge in [0.15, 0.2) is 0 Å². The average molecular weight is 796 g/mol. The van der Waals surface area contributed by atoms with E-state index in [1.807, 2.05) is 0 Å². The minimum absolute atomic E-state index is 0.0822. The molecule has 0 unspecified atom stereocenters. The zero-order valence-electron chi connectivity index (χ0n) is 36.3. The standard InChI is InChI=1S/C61H49N/c1-59(2)51-23-12-9-20-46(51)48-32-30-43(36-54(48)59)62(44-31-33-49-47-21-10-13-24-52(47)60(3,4)55(49)37-44)42-28-26-38(27-29-42)39-17-15-18-41(34-39)57-45-19-8-7-16-40(45)35-56-58(57)50-22-11-14-25-53(50)61(56,5)6/h7-37H,1-6H3. The summed E-state index contributed by atoms with van der Waals surface area (Å²) in [6, 6.07) is 70.9. The van der Waals surface area contributed by atoms with Crippen molar-refractivity contribution >= 4 is 27.8 Å². The molecule has 62 heavy (non-hydrogen) atoms. The zero-order chi connectivity index (χ0) is 42.1. The lowest BCUT2D eigenvalue weighted by molar-refractivity contribution is 0.660. The minimum Gasteiger partial charge on any atom is -0.310 e. The normalized spacial score (nSPS) is 15.3. The van der Waals surface area contributed by atoms with Crippen molar-refractivity contribution in [3.63, 3.8) is 0 Å². The molecule has 1 nitrogen and oxygen atoms in total. The Kier molecular flexibility index (Phi) is 7.74. The van der Waals surface area contributed by atoms with E-state index in [2.05, 4.69) is 234 Å². The van der Waals surface area contributed by atoms with Crippen LogP contribution in [0.2, 0.25) is 0 Å². The van der Waals surface area contributed by atoms with E-state index in [1.54, 1.807) is 0 Å². The lowest BCUT2D eigenvalue weighted by Crippen LogP contribution is -2.18. The average Bonchev–Trinajstić information content (AvgIpc) is 3.78. The summed E-state index contributed by atoms with van der Waals surface area (Å²) >= 11 is 0. The van der Waals surface area contributed by atoms with Crippen molar-refractivity contribution < 1.29 is 0 Å². The van der Waals surface area contributed by atoms with Gasteiger partial charge in [-0.2, -0.15) is 0 Å². The van der Waals surface area contributed by atoms with Crippen molar-refractivity contribution in [3.8, 4) is 55.6 Å². The summed E-state index contributed by atoms with van der Waals surface area (Å²) < 4.78 is 0. The smallest absolute Gasteiger partial charge is 0.0465 e. The summed E-state index contributed by atoms with van der Waals surface area (Å²) in [5, 5.41) is 2.58. The predicted octanol–water partition coefficient (Wildman–Crippen LogP) is 16.6. The molecular formula is C61H49N. The molecule has 1 heteroatoms. The highest BCUT2D eigenvalue weighted by atomic mass is 15.1. The van der Waals surface area contributed by atoms with E-state index in [9.17, 15) is 0 Å². The van der Waals surface area contributed by atoms with Gasteiger partial charge in [-0.25, -0.2) is 0 Å². The molecule has 9 aromatic carbocycles. The third kappa shape index (κ3) is 5.15. The van der Waals surface area contributed by atoms with Crippen LogP contribution in [0.4, 0.5) is 17.1 Å². The number of rotatable bonds is 5. The van der Waals surface area contributed by atoms with Crippen LogP contribution in [0, 0.1) is 0 Å². The van der Waals surface area contributed by atoms with Crippen LogP contribution in [0.25, 0.3) is 66.4 Å². The Balaban J connectivity index is 0.987. The number of nitrogens with zero attached hydrogens (tertiary/aromatic N) is 1. The summed E-state index contributed by atoms with van der Waals surface area (Å²) in [7, 11) is 0. The second-order valence-electron chi connectivity index (χ2n) is 19.3. The van der Waals surface area contributed by atoms with Gasteiger partial charge in [-0.15, -0.1) is 0 Å². The molecule has 9 aromatic rings. The third-order valence-electron chi connectivity index (χ3n) is 14.9. The van der Waals surface area contributed by atoms with Crippen molar-refractivity contribution in [3.05, 3.63) is 221 Å². The van der Waals surface area contributed by atoms with E-state index >= 15 is 0 Å². The molecule has 0 saturated heterocycles. The van der Waals surface area contributed by atoms with Gasteiger partial charge in [0.1, 0.15) is 0 Å². The van der Waals surface area contributed by atoms with Crippen molar-refractivity contribution in [2.75, 3.05) is 4.90 Å². The maximum absolute atomic E-state index is 2.47.